The van der Waals surface area contributed by atoms with E-state index >= 15 is 0 Å². The fourth-order valence-corrected chi connectivity index (χ4v) is 1.31. The van der Waals surface area contributed by atoms with Crippen LogP contribution in [-0.2, 0) is 0 Å². The molecule has 0 spiro atoms. The van der Waals surface area contributed by atoms with E-state index in [2.05, 4.69) is 42.3 Å². The highest BCUT2D eigenvalue weighted by Gasteiger charge is 2.07. The third-order valence-electron chi connectivity index (χ3n) is 1.41. The number of rotatable bonds is 0. The van der Waals surface area contributed by atoms with Gasteiger partial charge in [-0.25, -0.2) is 4.98 Å². The molecule has 0 aliphatic rings. The molecule has 13 heavy (non-hydrogen) atoms. The Morgan fingerprint density at radius 3 is 2.62 bits per heavy atom. The Hall–Kier alpha value is -1.07. The molecular weight excluding hydrogens is 174 g/mol. The molecule has 1 aromatic rings. The van der Waals surface area contributed by atoms with E-state index in [1.54, 1.807) is 0 Å². The predicted molar refractivity (Wildman–Crippen MR) is 58.0 cm³/mol. The highest BCUT2D eigenvalue weighted by molar-refractivity contribution is 6.83. The van der Waals surface area contributed by atoms with Crippen LogP contribution < -0.4 is 0 Å². The van der Waals surface area contributed by atoms with Gasteiger partial charge in [0.1, 0.15) is 13.8 Å². The van der Waals surface area contributed by atoms with Crippen LogP contribution in [0.5, 0.6) is 0 Å². The Balaban J connectivity index is 2.90. The lowest BCUT2D eigenvalue weighted by Crippen LogP contribution is -2.16. The van der Waals surface area contributed by atoms with Crippen molar-refractivity contribution >= 4 is 8.07 Å². The van der Waals surface area contributed by atoms with Crippen molar-refractivity contribution in [1.29, 1.82) is 0 Å². The van der Waals surface area contributed by atoms with E-state index < -0.39 is 8.07 Å². The smallest absolute Gasteiger partial charge is 0.129 e. The third kappa shape index (κ3) is 3.91. The number of hydrogen-bond donors (Lipinski definition) is 0. The molecule has 0 N–H and O–H groups in total. The van der Waals surface area contributed by atoms with Crippen LogP contribution in [0.1, 0.15) is 11.3 Å². The second kappa shape index (κ2) is 3.76. The Morgan fingerprint density at radius 1 is 1.38 bits per heavy atom. The first-order valence-electron chi connectivity index (χ1n) is 4.35. The molecule has 1 aromatic heterocycles. The minimum Gasteiger partial charge on any atom is -0.238 e. The van der Waals surface area contributed by atoms with Crippen molar-refractivity contribution in [1.82, 2.24) is 4.98 Å². The second-order valence-electron chi connectivity index (χ2n) is 4.16. The summed E-state index contributed by atoms with van der Waals surface area (Å²) in [6.45, 7) is 8.69. The maximum absolute atomic E-state index is 4.07. The van der Waals surface area contributed by atoms with E-state index in [4.69, 9.17) is 0 Å². The quantitative estimate of drug-likeness (QED) is 0.450. The fraction of sp³-hybridized carbons (Fsp3) is 0.364. The summed E-state index contributed by atoms with van der Waals surface area (Å²) in [6.07, 6.45) is 2.83. The molecule has 0 unspecified atom stereocenters. The zero-order valence-electron chi connectivity index (χ0n) is 8.60. The molecule has 0 aromatic carbocycles. The largest absolute Gasteiger partial charge is 0.238 e. The van der Waals surface area contributed by atoms with E-state index in [1.165, 1.54) is 0 Å². The molecule has 0 aliphatic heterocycles. The van der Waals surface area contributed by atoms with Gasteiger partial charge in [0.05, 0.1) is 6.20 Å². The van der Waals surface area contributed by atoms with Crippen molar-refractivity contribution in [3.63, 3.8) is 0 Å². The summed E-state index contributed by atoms with van der Waals surface area (Å²) in [7, 11) is -1.27. The molecule has 67 valence electrons. The maximum atomic E-state index is 4.07. The van der Waals surface area contributed by atoms with Crippen LogP contribution in [0, 0.1) is 24.6 Å². The third-order valence-corrected chi connectivity index (χ3v) is 2.28. The van der Waals surface area contributed by atoms with Crippen LogP contribution in [0.2, 0.25) is 19.6 Å². The molecule has 0 amide bonds. The Bertz CT molecular complexity index is 352. The molecule has 1 heterocycles. The van der Waals surface area contributed by atoms with Crippen LogP contribution in [0.3, 0.4) is 0 Å². The molecule has 1 rings (SSSR count). The Morgan fingerprint density at radius 2 is 2.08 bits per heavy atom. The van der Waals surface area contributed by atoms with E-state index in [0.717, 1.165) is 11.3 Å². The van der Waals surface area contributed by atoms with Gasteiger partial charge in [0.15, 0.2) is 0 Å². The number of aryl methyl sites for hydroxylation is 1. The standard InChI is InChI=1S/C11H14NSi/c1-10-5-7-12-11(9-10)6-8-13(2,3)4/h5,9H,1-4H3. The van der Waals surface area contributed by atoms with Gasteiger partial charge >= 0.3 is 0 Å². The van der Waals surface area contributed by atoms with Gasteiger partial charge in [0.2, 0.25) is 0 Å². The molecule has 0 fully saturated rings. The molecule has 0 saturated heterocycles. The molecule has 2 heteroatoms. The van der Waals surface area contributed by atoms with Gasteiger partial charge in [0, 0.05) is 0 Å². The molecule has 1 nitrogen and oxygen atoms in total. The van der Waals surface area contributed by atoms with Crippen molar-refractivity contribution in [3.8, 4) is 11.5 Å². The van der Waals surface area contributed by atoms with Gasteiger partial charge in [0.25, 0.3) is 0 Å². The summed E-state index contributed by atoms with van der Waals surface area (Å²) in [5.74, 6) is 3.09. The summed E-state index contributed by atoms with van der Waals surface area (Å²) in [5, 5.41) is 0. The van der Waals surface area contributed by atoms with Gasteiger partial charge in [-0.05, 0) is 24.6 Å². The molecule has 0 bridgehead atoms. The second-order valence-corrected chi connectivity index (χ2v) is 8.91. The fourth-order valence-electron chi connectivity index (χ4n) is 0.809. The summed E-state index contributed by atoms with van der Waals surface area (Å²) >= 11 is 0. The summed E-state index contributed by atoms with van der Waals surface area (Å²) < 4.78 is 0. The van der Waals surface area contributed by atoms with Crippen molar-refractivity contribution in [3.05, 3.63) is 29.6 Å². The minimum absolute atomic E-state index is 0.836. The van der Waals surface area contributed by atoms with Crippen molar-refractivity contribution in [2.75, 3.05) is 0 Å². The first-order valence-corrected chi connectivity index (χ1v) is 7.85. The van der Waals surface area contributed by atoms with E-state index in [9.17, 15) is 0 Å². The molecule has 0 atom stereocenters. The van der Waals surface area contributed by atoms with Crippen molar-refractivity contribution in [2.45, 2.75) is 26.6 Å². The van der Waals surface area contributed by atoms with E-state index in [-0.39, 0.29) is 0 Å². The molecule has 1 radical (unpaired) electrons. The summed E-state index contributed by atoms with van der Waals surface area (Å²) in [4.78, 5) is 4.07. The van der Waals surface area contributed by atoms with Crippen LogP contribution in [0.15, 0.2) is 12.1 Å². The Kier molecular flexibility index (Phi) is 2.89. The number of nitrogens with zero attached hydrogens (tertiary/aromatic N) is 1. The SMILES string of the molecule is Cc1c[c]nc(C#C[Si](C)(C)C)c1. The van der Waals surface area contributed by atoms with Gasteiger partial charge in [-0.3, -0.25) is 0 Å². The molecule has 0 saturated carbocycles. The average molecular weight is 188 g/mol. The van der Waals surface area contributed by atoms with Gasteiger partial charge in [-0.15, -0.1) is 5.54 Å². The van der Waals surface area contributed by atoms with Crippen LogP contribution in [-0.4, -0.2) is 13.1 Å². The van der Waals surface area contributed by atoms with Gasteiger partial charge in [-0.1, -0.05) is 25.6 Å². The van der Waals surface area contributed by atoms with E-state index in [0.29, 0.717) is 0 Å². The molecule has 0 aliphatic carbocycles. The lowest BCUT2D eigenvalue weighted by molar-refractivity contribution is 1.24. The van der Waals surface area contributed by atoms with Crippen LogP contribution in [0.25, 0.3) is 0 Å². The lowest BCUT2D eigenvalue weighted by Gasteiger charge is -2.02. The lowest BCUT2D eigenvalue weighted by atomic mass is 10.2. The first-order chi connectivity index (χ1) is 5.97. The van der Waals surface area contributed by atoms with E-state index in [1.807, 2.05) is 19.1 Å². The number of pyridine rings is 1. The normalized spacial score (nSPS) is 10.5. The van der Waals surface area contributed by atoms with Crippen LogP contribution in [0.4, 0.5) is 0 Å². The number of aromatic nitrogens is 1. The summed E-state index contributed by atoms with van der Waals surface area (Å²) in [6, 6.07) is 3.85. The summed E-state index contributed by atoms with van der Waals surface area (Å²) in [5.41, 5.74) is 5.27. The Labute approximate surface area is 81.2 Å². The highest BCUT2D eigenvalue weighted by atomic mass is 28.3. The highest BCUT2D eigenvalue weighted by Crippen LogP contribution is 2.00. The monoisotopic (exact) mass is 188 g/mol. The predicted octanol–water partition coefficient (Wildman–Crippen LogP) is 2.42. The van der Waals surface area contributed by atoms with Crippen molar-refractivity contribution < 1.29 is 0 Å². The first kappa shape index (κ1) is 10.0. The zero-order chi connectivity index (χ0) is 9.90. The topological polar surface area (TPSA) is 12.9 Å². The van der Waals surface area contributed by atoms with Crippen molar-refractivity contribution in [2.24, 2.45) is 0 Å². The molecular formula is C11H14NSi. The average Bonchev–Trinajstić information content (AvgIpc) is 2.00. The number of hydrogen-bond acceptors (Lipinski definition) is 1. The van der Waals surface area contributed by atoms with Gasteiger partial charge < -0.3 is 0 Å². The maximum Gasteiger partial charge on any atom is 0.129 e. The minimum atomic E-state index is -1.27. The van der Waals surface area contributed by atoms with Gasteiger partial charge in [-0.2, -0.15) is 0 Å². The van der Waals surface area contributed by atoms with Crippen LogP contribution >= 0.6 is 0 Å². The zero-order valence-corrected chi connectivity index (χ0v) is 9.60.